The number of hydrogen-bond donors (Lipinski definition) is 1. The maximum atomic E-state index is 12.4. The molecule has 3 heterocycles. The first-order chi connectivity index (χ1) is 14.4. The molecule has 3 aromatic rings. The van der Waals surface area contributed by atoms with Crippen molar-refractivity contribution in [2.24, 2.45) is 17.8 Å². The van der Waals surface area contributed by atoms with Gasteiger partial charge in [-0.3, -0.25) is 19.6 Å². The number of fused-ring (bicyclic) bond motifs is 3. The Hall–Kier alpha value is -3.25. The molecule has 1 aromatic carbocycles. The van der Waals surface area contributed by atoms with Crippen molar-refractivity contribution in [2.45, 2.75) is 25.3 Å². The zero-order valence-corrected chi connectivity index (χ0v) is 17.3. The zero-order valence-electron chi connectivity index (χ0n) is 16.5. The van der Waals surface area contributed by atoms with E-state index in [4.69, 9.17) is 22.3 Å². The molecule has 30 heavy (non-hydrogen) atoms. The molecule has 1 amide bonds. The van der Waals surface area contributed by atoms with Crippen LogP contribution in [0.2, 0.25) is 5.02 Å². The Labute approximate surface area is 179 Å². The van der Waals surface area contributed by atoms with Crippen molar-refractivity contribution in [1.82, 2.24) is 9.55 Å². The lowest BCUT2D eigenvalue weighted by Gasteiger charge is -2.16. The maximum Gasteiger partial charge on any atom is 0.250 e. The van der Waals surface area contributed by atoms with E-state index in [1.54, 1.807) is 23.9 Å². The molecular weight excluding hydrogens is 400 g/mol. The lowest BCUT2D eigenvalue weighted by atomic mass is 9.94. The largest absolute Gasteiger partial charge is 0.370 e. The molecule has 0 radical (unpaired) electrons. The molecule has 4 rings (SSSR count). The topological polar surface area (TPSA) is 90.3 Å². The molecule has 6 nitrogen and oxygen atoms in total. The van der Waals surface area contributed by atoms with Crippen LogP contribution in [0, 0.1) is 0 Å². The van der Waals surface area contributed by atoms with Gasteiger partial charge in [0.1, 0.15) is 0 Å². The summed E-state index contributed by atoms with van der Waals surface area (Å²) in [6, 6.07) is 12.7. The number of aryl methyl sites for hydroxylation is 1. The van der Waals surface area contributed by atoms with Crippen LogP contribution >= 0.6 is 11.6 Å². The van der Waals surface area contributed by atoms with Crippen LogP contribution in [0.15, 0.2) is 64.6 Å². The number of halogens is 1. The molecule has 2 aromatic heterocycles. The summed E-state index contributed by atoms with van der Waals surface area (Å²) in [5, 5.41) is 0.638. The quantitative estimate of drug-likeness (QED) is 0.683. The molecule has 152 valence electrons. The number of rotatable bonds is 5. The summed E-state index contributed by atoms with van der Waals surface area (Å²) < 4.78 is 1.56. The molecule has 7 heteroatoms. The van der Waals surface area contributed by atoms with Gasteiger partial charge in [0, 0.05) is 53.6 Å². The molecule has 1 aliphatic heterocycles. The minimum atomic E-state index is -0.348. The van der Waals surface area contributed by atoms with Crippen molar-refractivity contribution < 1.29 is 4.79 Å². The predicted octanol–water partition coefficient (Wildman–Crippen LogP) is 3.65. The number of pyridine rings is 2. The second kappa shape index (κ2) is 8.24. The van der Waals surface area contributed by atoms with Gasteiger partial charge in [0.15, 0.2) is 0 Å². The van der Waals surface area contributed by atoms with E-state index in [1.165, 1.54) is 0 Å². The Balaban J connectivity index is 1.93. The summed E-state index contributed by atoms with van der Waals surface area (Å²) >= 11 is 6.08. The maximum absolute atomic E-state index is 12.4. The highest BCUT2D eigenvalue weighted by Gasteiger charge is 2.26. The lowest BCUT2D eigenvalue weighted by molar-refractivity contribution is -0.118. The van der Waals surface area contributed by atoms with Gasteiger partial charge in [-0.25, -0.2) is 0 Å². The van der Waals surface area contributed by atoms with Gasteiger partial charge in [0.05, 0.1) is 17.4 Å². The van der Waals surface area contributed by atoms with Crippen LogP contribution in [0.25, 0.3) is 11.1 Å². The Morgan fingerprint density at radius 1 is 1.20 bits per heavy atom. The fourth-order valence-corrected chi connectivity index (χ4v) is 3.88. The summed E-state index contributed by atoms with van der Waals surface area (Å²) in [6.45, 7) is 0. The van der Waals surface area contributed by atoms with Crippen molar-refractivity contribution in [3.8, 4) is 11.1 Å². The van der Waals surface area contributed by atoms with Crippen molar-refractivity contribution >= 4 is 23.2 Å². The average Bonchev–Trinajstić information content (AvgIpc) is 2.85. The predicted molar refractivity (Wildman–Crippen MR) is 118 cm³/mol. The summed E-state index contributed by atoms with van der Waals surface area (Å²) in [6.07, 6.45) is 5.01. The third kappa shape index (κ3) is 3.91. The van der Waals surface area contributed by atoms with E-state index >= 15 is 0 Å². The van der Waals surface area contributed by atoms with Gasteiger partial charge in [-0.05, 0) is 36.6 Å². The number of hydrogen-bond acceptors (Lipinski definition) is 4. The Kier molecular flexibility index (Phi) is 5.50. The first-order valence-corrected chi connectivity index (χ1v) is 10.1. The molecule has 0 unspecified atom stereocenters. The smallest absolute Gasteiger partial charge is 0.250 e. The van der Waals surface area contributed by atoms with Crippen LogP contribution in [-0.2, 0) is 11.8 Å². The van der Waals surface area contributed by atoms with Gasteiger partial charge in [-0.15, -0.1) is 0 Å². The van der Waals surface area contributed by atoms with E-state index in [9.17, 15) is 9.59 Å². The number of aliphatic imine (C=N–C) groups is 1. The van der Waals surface area contributed by atoms with E-state index in [2.05, 4.69) is 4.98 Å². The number of primary amides is 1. The SMILES string of the molecule is Cn1cc2c(cc1=O)[C@H](CCCC(N)=O)N=C(c1ccc(Cl)cc1)c1ncccc1-2. The number of amides is 1. The monoisotopic (exact) mass is 420 g/mol. The highest BCUT2D eigenvalue weighted by atomic mass is 35.5. The molecule has 0 fully saturated rings. The van der Waals surface area contributed by atoms with E-state index in [0.29, 0.717) is 17.9 Å². The molecular formula is C23H21ClN4O2. The Morgan fingerprint density at radius 3 is 2.70 bits per heavy atom. The summed E-state index contributed by atoms with van der Waals surface area (Å²) in [7, 11) is 1.73. The van der Waals surface area contributed by atoms with Gasteiger partial charge in [-0.1, -0.05) is 29.8 Å². The van der Waals surface area contributed by atoms with Crippen molar-refractivity contribution in [2.75, 3.05) is 0 Å². The van der Waals surface area contributed by atoms with Gasteiger partial charge in [0.25, 0.3) is 5.56 Å². The average molecular weight is 421 g/mol. The van der Waals surface area contributed by atoms with Gasteiger partial charge in [0.2, 0.25) is 5.91 Å². The molecule has 1 aliphatic rings. The van der Waals surface area contributed by atoms with Gasteiger partial charge in [-0.2, -0.15) is 0 Å². The molecule has 0 bridgehead atoms. The minimum absolute atomic E-state index is 0.107. The number of aromatic nitrogens is 2. The second-order valence-electron chi connectivity index (χ2n) is 7.35. The van der Waals surface area contributed by atoms with Crippen LogP contribution in [0.4, 0.5) is 0 Å². The van der Waals surface area contributed by atoms with Crippen molar-refractivity contribution in [1.29, 1.82) is 0 Å². The Bertz CT molecular complexity index is 1200. The third-order valence-electron chi connectivity index (χ3n) is 5.24. The third-order valence-corrected chi connectivity index (χ3v) is 5.50. The molecule has 0 aliphatic carbocycles. The summed E-state index contributed by atoms with van der Waals surface area (Å²) in [5.74, 6) is -0.348. The van der Waals surface area contributed by atoms with Crippen LogP contribution in [0.1, 0.15) is 42.1 Å². The number of carbonyl (C=O) groups is 1. The molecule has 0 saturated heterocycles. The second-order valence-corrected chi connectivity index (χ2v) is 7.79. The number of benzene rings is 1. The molecule has 0 spiro atoms. The lowest BCUT2D eigenvalue weighted by Crippen LogP contribution is -2.18. The normalized spacial score (nSPS) is 15.0. The van der Waals surface area contributed by atoms with E-state index < -0.39 is 0 Å². The van der Waals surface area contributed by atoms with E-state index in [-0.39, 0.29) is 23.9 Å². The Morgan fingerprint density at radius 2 is 1.97 bits per heavy atom. The number of nitrogens with zero attached hydrogens (tertiary/aromatic N) is 3. The highest BCUT2D eigenvalue weighted by Crippen LogP contribution is 2.38. The zero-order chi connectivity index (χ0) is 21.3. The number of carbonyl (C=O) groups excluding carboxylic acids is 1. The highest BCUT2D eigenvalue weighted by molar-refractivity contribution is 6.30. The van der Waals surface area contributed by atoms with Gasteiger partial charge >= 0.3 is 0 Å². The van der Waals surface area contributed by atoms with Crippen LogP contribution in [0.5, 0.6) is 0 Å². The van der Waals surface area contributed by atoms with Crippen molar-refractivity contribution in [3.05, 3.63) is 87.1 Å². The van der Waals surface area contributed by atoms with E-state index in [0.717, 1.165) is 33.7 Å². The van der Waals surface area contributed by atoms with Crippen molar-refractivity contribution in [3.63, 3.8) is 0 Å². The van der Waals surface area contributed by atoms with Crippen LogP contribution in [-0.4, -0.2) is 21.2 Å². The molecule has 1 atom stereocenters. The first kappa shape index (κ1) is 20.0. The van der Waals surface area contributed by atoms with E-state index in [1.807, 2.05) is 42.6 Å². The summed E-state index contributed by atoms with van der Waals surface area (Å²) in [4.78, 5) is 33.4. The van der Waals surface area contributed by atoms with Gasteiger partial charge < -0.3 is 10.3 Å². The standard InChI is InChI=1S/C23H21ClN4O2/c1-28-13-18-16-4-3-11-26-23(16)22(14-7-9-15(24)10-8-14)27-19(5-2-6-20(25)29)17(18)12-21(28)30/h3-4,7-13,19H,2,5-6H2,1H3,(H2,25,29)/t19-/m0/s1. The summed E-state index contributed by atoms with van der Waals surface area (Å²) in [5.41, 5.74) is 10.2. The minimum Gasteiger partial charge on any atom is -0.370 e. The molecule has 2 N–H and O–H groups in total. The fraction of sp³-hybridized carbons (Fsp3) is 0.217. The van der Waals surface area contributed by atoms with Crippen LogP contribution in [0.3, 0.4) is 0 Å². The fourth-order valence-electron chi connectivity index (χ4n) is 3.75. The first-order valence-electron chi connectivity index (χ1n) is 9.72. The molecule has 0 saturated carbocycles. The number of nitrogens with two attached hydrogens (primary N) is 1. The van der Waals surface area contributed by atoms with Crippen LogP contribution < -0.4 is 11.3 Å².